The molecule has 0 radical (unpaired) electrons. The molecule has 1 N–H and O–H groups in total. The number of aromatic nitrogens is 2. The lowest BCUT2D eigenvalue weighted by molar-refractivity contribution is -0.120. The van der Waals surface area contributed by atoms with E-state index < -0.39 is 45.1 Å². The van der Waals surface area contributed by atoms with E-state index in [-0.39, 0.29) is 30.0 Å². The molecule has 0 spiro atoms. The minimum absolute atomic E-state index is 0.186. The zero-order chi connectivity index (χ0) is 47.2. The number of urea groups is 1. The van der Waals surface area contributed by atoms with Crippen LogP contribution in [0.2, 0.25) is 0 Å². The molecule has 4 aliphatic rings. The van der Waals surface area contributed by atoms with Crippen molar-refractivity contribution in [3.63, 3.8) is 0 Å². The van der Waals surface area contributed by atoms with Gasteiger partial charge in [-0.2, -0.15) is 5.10 Å². The third kappa shape index (κ3) is 9.41. The number of hydrogen-bond acceptors (Lipinski definition) is 12. The van der Waals surface area contributed by atoms with Crippen molar-refractivity contribution in [2.75, 3.05) is 74.8 Å². The van der Waals surface area contributed by atoms with Gasteiger partial charge in [-0.05, 0) is 104 Å². The highest BCUT2D eigenvalue weighted by Crippen LogP contribution is 2.40. The number of alkyl halides is 1. The van der Waals surface area contributed by atoms with Gasteiger partial charge in [-0.3, -0.25) is 34.2 Å². The number of piperidine rings is 2. The second-order valence-electron chi connectivity index (χ2n) is 17.9. The van der Waals surface area contributed by atoms with Gasteiger partial charge in [-0.15, -0.1) is 0 Å². The van der Waals surface area contributed by atoms with Crippen LogP contribution in [0.25, 0.3) is 10.9 Å². The fourth-order valence-corrected chi connectivity index (χ4v) is 10.8. The molecule has 0 unspecified atom stereocenters. The summed E-state index contributed by atoms with van der Waals surface area (Å²) in [5, 5.41) is 7.67. The third-order valence-corrected chi connectivity index (χ3v) is 14.3. The van der Waals surface area contributed by atoms with E-state index >= 15 is 4.39 Å². The molecule has 0 bridgehead atoms. The summed E-state index contributed by atoms with van der Waals surface area (Å²) < 4.78 is 60.9. The number of amides is 5. The van der Waals surface area contributed by atoms with Crippen molar-refractivity contribution in [3.8, 4) is 23.0 Å². The number of halogens is 1. The number of nitrogens with zero attached hydrogens (tertiary/aromatic N) is 6. The van der Waals surface area contributed by atoms with Gasteiger partial charge in [-0.25, -0.2) is 17.6 Å². The number of ether oxygens (including phenoxy) is 3. The molecule has 18 heteroatoms. The molecule has 0 aliphatic carbocycles. The Morgan fingerprint density at radius 2 is 1.57 bits per heavy atom. The Balaban J connectivity index is 0.782. The van der Waals surface area contributed by atoms with Gasteiger partial charge in [0.1, 0.15) is 27.0 Å². The van der Waals surface area contributed by atoms with E-state index in [2.05, 4.69) is 27.4 Å². The lowest BCUT2D eigenvalue weighted by Gasteiger charge is -2.42. The predicted octanol–water partition coefficient (Wildman–Crippen LogP) is 6.79. The molecule has 16 nitrogen and oxygen atoms in total. The van der Waals surface area contributed by atoms with Gasteiger partial charge >= 0.3 is 6.03 Å². The summed E-state index contributed by atoms with van der Waals surface area (Å²) in [6, 6.07) is 22.0. The van der Waals surface area contributed by atoms with E-state index in [0.29, 0.717) is 85.1 Å². The number of methoxy groups -OCH3 is 1. The largest absolute Gasteiger partial charge is 0.493 e. The van der Waals surface area contributed by atoms with Gasteiger partial charge in [-0.1, -0.05) is 18.2 Å². The highest BCUT2D eigenvalue weighted by molar-refractivity contribution is 7.90. The highest BCUT2D eigenvalue weighted by Gasteiger charge is 2.43. The normalized spacial score (nSPS) is 18.6. The molecule has 67 heavy (non-hydrogen) atoms. The van der Waals surface area contributed by atoms with Crippen LogP contribution in [-0.2, 0) is 21.7 Å². The van der Waals surface area contributed by atoms with Crippen molar-refractivity contribution in [3.05, 3.63) is 101 Å². The third-order valence-electron chi connectivity index (χ3n) is 13.4. The predicted molar refractivity (Wildman–Crippen MR) is 250 cm³/mol. The molecule has 5 aromatic rings. The van der Waals surface area contributed by atoms with E-state index in [1.807, 2.05) is 35.2 Å². The highest BCUT2D eigenvalue weighted by atomic mass is 32.2. The topological polar surface area (TPSA) is 173 Å². The zero-order valence-electron chi connectivity index (χ0n) is 38.0. The van der Waals surface area contributed by atoms with Crippen LogP contribution in [0, 0.1) is 0 Å². The Hall–Kier alpha value is -6.53. The Morgan fingerprint density at radius 1 is 0.851 bits per heavy atom. The van der Waals surface area contributed by atoms with E-state index in [4.69, 9.17) is 14.2 Å². The molecule has 9 rings (SSSR count). The quantitative estimate of drug-likeness (QED) is 0.116. The summed E-state index contributed by atoms with van der Waals surface area (Å²) in [4.78, 5) is 58.8. The number of likely N-dealkylation sites (tertiary alicyclic amines) is 1. The maximum atomic E-state index is 16.5. The van der Waals surface area contributed by atoms with Gasteiger partial charge in [0.05, 0.1) is 42.2 Å². The molecule has 5 heterocycles. The first-order valence-corrected chi connectivity index (χ1v) is 24.7. The van der Waals surface area contributed by atoms with Crippen molar-refractivity contribution in [2.24, 2.45) is 7.05 Å². The number of nitrogens with one attached hydrogen (secondary N) is 1. The fourth-order valence-electron chi connectivity index (χ4n) is 9.84. The molecular weight excluding hydrogens is 882 g/mol. The lowest BCUT2D eigenvalue weighted by Crippen LogP contribution is -2.49. The van der Waals surface area contributed by atoms with Gasteiger partial charge in [0.25, 0.3) is 11.8 Å². The van der Waals surface area contributed by atoms with Crippen LogP contribution >= 0.6 is 0 Å². The summed E-state index contributed by atoms with van der Waals surface area (Å²) in [5.41, 5.74) is 2.13. The zero-order valence-corrected chi connectivity index (χ0v) is 38.8. The number of sulfone groups is 1. The number of aryl methyl sites for hydroxylation is 1. The second-order valence-corrected chi connectivity index (χ2v) is 20.1. The van der Waals surface area contributed by atoms with Crippen LogP contribution in [0.3, 0.4) is 0 Å². The number of hydrogen-bond donors (Lipinski definition) is 1. The molecule has 1 atom stereocenters. The van der Waals surface area contributed by atoms with Crippen molar-refractivity contribution < 1.29 is 46.2 Å². The van der Waals surface area contributed by atoms with Crippen molar-refractivity contribution >= 4 is 56.0 Å². The van der Waals surface area contributed by atoms with Crippen molar-refractivity contribution in [2.45, 2.75) is 56.7 Å². The SMILES string of the molecule is CCOc1cc([C@@H](CS(C)(=O)=O)N2C(=O)c3ccc(N4CCC(F)(CN5CCC(c6ccc(Oc7ccc8c(N9CCC(=O)NC9=O)nn(C)c8c7)cc6)CC5)CC4)cc3C2=O)ccc1OC. The molecule has 4 aromatic carbocycles. The first kappa shape index (κ1) is 45.6. The Morgan fingerprint density at radius 3 is 2.25 bits per heavy atom. The number of carbonyl (C=O) groups excluding carboxylic acids is 4. The smallest absolute Gasteiger partial charge is 0.329 e. The average Bonchev–Trinajstić information content (AvgIpc) is 3.76. The number of benzene rings is 4. The van der Waals surface area contributed by atoms with Gasteiger partial charge in [0, 0.05) is 75.9 Å². The molecule has 5 amide bonds. The molecule has 1 aromatic heterocycles. The summed E-state index contributed by atoms with van der Waals surface area (Å²) in [5.74, 6) is 1.00. The average molecular weight is 936 g/mol. The van der Waals surface area contributed by atoms with E-state index in [0.717, 1.165) is 48.0 Å². The minimum Gasteiger partial charge on any atom is -0.493 e. The van der Waals surface area contributed by atoms with E-state index in [9.17, 15) is 27.6 Å². The summed E-state index contributed by atoms with van der Waals surface area (Å²) >= 11 is 0. The van der Waals surface area contributed by atoms with Crippen molar-refractivity contribution in [1.82, 2.24) is 24.9 Å². The maximum Gasteiger partial charge on any atom is 0.329 e. The first-order valence-electron chi connectivity index (χ1n) is 22.6. The molecule has 3 saturated heterocycles. The molecule has 3 fully saturated rings. The fraction of sp³-hybridized carbons (Fsp3) is 0.408. The molecule has 352 valence electrons. The maximum absolute atomic E-state index is 16.5. The Bertz CT molecular complexity index is 2860. The van der Waals surface area contributed by atoms with Crippen LogP contribution in [0.1, 0.15) is 82.8 Å². The van der Waals surface area contributed by atoms with Crippen LogP contribution in [0.15, 0.2) is 78.9 Å². The second kappa shape index (κ2) is 18.3. The standard InChI is InChI=1S/C49H54FN7O9S/c1-5-65-43-26-33(8-15-42(43)64-3)41(29-67(4,62)63)57-46(59)37-13-9-34(27-39(37)47(57)60)55-24-19-49(50,20-25-55)30-54-21-16-32(17-22-54)31-6-10-35(11-7-31)66-36-12-14-38-40(28-36)53(2)52-45(38)56-23-18-44(58)51-48(56)61/h6-15,26-28,32,41H,5,16-25,29-30H2,1-4H3,(H,51,58,61)/t41-/m1/s1. The van der Waals surface area contributed by atoms with E-state index in [1.165, 1.54) is 17.6 Å². The van der Waals surface area contributed by atoms with Crippen LogP contribution in [0.5, 0.6) is 23.0 Å². The van der Waals surface area contributed by atoms with Gasteiger partial charge in [0.15, 0.2) is 17.3 Å². The number of anilines is 2. The summed E-state index contributed by atoms with van der Waals surface area (Å²) in [7, 11) is -0.362. The Labute approximate surface area is 388 Å². The molecular formula is C49H54FN7O9S. The Kier molecular flexibility index (Phi) is 12.4. The van der Waals surface area contributed by atoms with Crippen molar-refractivity contribution in [1.29, 1.82) is 0 Å². The number of fused-ring (bicyclic) bond motifs is 2. The van der Waals surface area contributed by atoms with Crippen LogP contribution in [0.4, 0.5) is 20.7 Å². The number of carbonyl (C=O) groups is 4. The van der Waals surface area contributed by atoms with Crippen LogP contribution in [-0.4, -0.2) is 122 Å². The van der Waals surface area contributed by atoms with E-state index in [1.54, 1.807) is 55.1 Å². The van der Waals surface area contributed by atoms with Gasteiger partial charge < -0.3 is 24.0 Å². The van der Waals surface area contributed by atoms with Gasteiger partial charge in [0.2, 0.25) is 5.91 Å². The molecule has 4 aliphatic heterocycles. The monoisotopic (exact) mass is 935 g/mol. The summed E-state index contributed by atoms with van der Waals surface area (Å²) in [6.07, 6.45) is 3.71. The lowest BCUT2D eigenvalue weighted by atomic mass is 9.87. The first-order chi connectivity index (χ1) is 32.1. The summed E-state index contributed by atoms with van der Waals surface area (Å²) in [6.45, 7) is 5.17. The molecule has 0 saturated carbocycles. The number of rotatable bonds is 14. The van der Waals surface area contributed by atoms with Crippen LogP contribution < -0.4 is 29.3 Å². The minimum atomic E-state index is -3.65. The number of imide groups is 2.